The fraction of sp³-hybridized carbons (Fsp3) is 0.857. The summed E-state index contributed by atoms with van der Waals surface area (Å²) in [5, 5.41) is 31.0. The van der Waals surface area contributed by atoms with Gasteiger partial charge in [-0.3, -0.25) is 14.1 Å². The number of esters is 2. The Bertz CT molecular complexity index is 1400. The Kier molecular flexibility index (Phi) is 43.0. The van der Waals surface area contributed by atoms with Gasteiger partial charge in [-0.25, -0.2) is 0 Å². The van der Waals surface area contributed by atoms with Crippen LogP contribution in [0.3, 0.4) is 0 Å². The van der Waals surface area contributed by atoms with Crippen LogP contribution in [0.4, 0.5) is 0 Å². The van der Waals surface area contributed by atoms with Crippen molar-refractivity contribution < 1.29 is 56.8 Å². The molecule has 1 heterocycles. The van der Waals surface area contributed by atoms with Gasteiger partial charge in [-0.1, -0.05) is 204 Å². The van der Waals surface area contributed by atoms with Gasteiger partial charge in [0.15, 0.2) is 12.4 Å². The Labute approximate surface area is 421 Å². The fourth-order valence-corrected chi connectivity index (χ4v) is 9.28. The Morgan fingerprint density at radius 1 is 0.493 bits per heavy atom. The molecule has 0 aromatic carbocycles. The van der Waals surface area contributed by atoms with E-state index in [9.17, 15) is 37.9 Å². The summed E-state index contributed by atoms with van der Waals surface area (Å²) in [7, 11) is -4.61. The molecule has 1 aliphatic heterocycles. The normalized spacial score (nSPS) is 19.3. The Morgan fingerprint density at radius 2 is 0.870 bits per heavy atom. The lowest BCUT2D eigenvalue weighted by atomic mass is 10.00. The van der Waals surface area contributed by atoms with Gasteiger partial charge in [0.2, 0.25) is 0 Å². The van der Waals surface area contributed by atoms with Crippen molar-refractivity contribution in [2.75, 3.05) is 19.0 Å². The molecule has 1 aliphatic rings. The van der Waals surface area contributed by atoms with Crippen LogP contribution < -0.4 is 0 Å². The van der Waals surface area contributed by atoms with Crippen molar-refractivity contribution >= 4 is 22.1 Å². The highest BCUT2D eigenvalue weighted by Gasteiger charge is 2.46. The van der Waals surface area contributed by atoms with Gasteiger partial charge >= 0.3 is 11.9 Å². The Morgan fingerprint density at radius 3 is 1.30 bits per heavy atom. The van der Waals surface area contributed by atoms with Gasteiger partial charge in [0.1, 0.15) is 36.8 Å². The molecule has 404 valence electrons. The van der Waals surface area contributed by atoms with Crippen LogP contribution in [0.2, 0.25) is 0 Å². The van der Waals surface area contributed by atoms with Crippen LogP contribution in [-0.2, 0) is 38.7 Å². The number of aliphatic hydroxyl groups excluding tert-OH is 3. The van der Waals surface area contributed by atoms with Crippen molar-refractivity contribution in [3.63, 3.8) is 0 Å². The van der Waals surface area contributed by atoms with Crippen molar-refractivity contribution in [3.05, 3.63) is 36.5 Å². The van der Waals surface area contributed by atoms with E-state index in [0.29, 0.717) is 12.8 Å². The van der Waals surface area contributed by atoms with Crippen molar-refractivity contribution in [2.24, 2.45) is 0 Å². The van der Waals surface area contributed by atoms with Crippen LogP contribution in [0, 0.1) is 0 Å². The highest BCUT2D eigenvalue weighted by molar-refractivity contribution is 7.85. The van der Waals surface area contributed by atoms with E-state index in [2.05, 4.69) is 50.3 Å². The molecule has 0 amide bonds. The van der Waals surface area contributed by atoms with E-state index < -0.39 is 71.2 Å². The zero-order chi connectivity index (χ0) is 50.5. The van der Waals surface area contributed by atoms with Gasteiger partial charge in [0.05, 0.1) is 6.61 Å². The van der Waals surface area contributed by atoms with Crippen LogP contribution in [0.5, 0.6) is 0 Å². The topological polar surface area (TPSA) is 186 Å². The molecule has 1 fully saturated rings. The number of carbonyl (C=O) groups excluding carboxylic acids is 2. The summed E-state index contributed by atoms with van der Waals surface area (Å²) in [4.78, 5) is 25.6. The molecule has 4 N–H and O–H groups in total. The number of ether oxygens (including phenoxy) is 4. The van der Waals surface area contributed by atoms with Crippen molar-refractivity contribution in [3.8, 4) is 0 Å². The lowest BCUT2D eigenvalue weighted by molar-refractivity contribution is -0.297. The van der Waals surface area contributed by atoms with Gasteiger partial charge < -0.3 is 34.3 Å². The van der Waals surface area contributed by atoms with Crippen molar-refractivity contribution in [2.45, 2.75) is 288 Å². The molecule has 0 saturated carbocycles. The zero-order valence-corrected chi connectivity index (χ0v) is 44.5. The zero-order valence-electron chi connectivity index (χ0n) is 43.7. The average Bonchev–Trinajstić information content (AvgIpc) is 3.32. The third-order valence-corrected chi connectivity index (χ3v) is 13.7. The molecule has 0 aromatic heterocycles. The van der Waals surface area contributed by atoms with Crippen LogP contribution in [-0.4, -0.2) is 96.0 Å². The smallest absolute Gasteiger partial charge is 0.306 e. The lowest BCUT2D eigenvalue weighted by Crippen LogP contribution is -2.60. The number of rotatable bonds is 48. The number of hydrogen-bond donors (Lipinski definition) is 4. The summed E-state index contributed by atoms with van der Waals surface area (Å²) in [6.45, 7) is 3.78. The SMILES string of the molecule is CCCCCC/C=C\C/C=C\CCCCCCCCCC(=O)OC(COC(=O)CCCCCCCCCCCCC/C=C\CCCCCCCCCC)COC1OC(CS(=O)(=O)O)C(O)C(O)C1O. The molecule has 0 aliphatic carbocycles. The minimum atomic E-state index is -4.61. The van der Waals surface area contributed by atoms with E-state index in [1.807, 2.05) is 0 Å². The summed E-state index contributed by atoms with van der Waals surface area (Å²) >= 11 is 0. The monoisotopic (exact) mass is 999 g/mol. The predicted molar refractivity (Wildman–Crippen MR) is 279 cm³/mol. The largest absolute Gasteiger partial charge is 0.462 e. The molecule has 69 heavy (non-hydrogen) atoms. The van der Waals surface area contributed by atoms with E-state index in [4.69, 9.17) is 18.9 Å². The molecule has 0 radical (unpaired) electrons. The average molecular weight is 999 g/mol. The van der Waals surface area contributed by atoms with Crippen molar-refractivity contribution in [1.82, 2.24) is 0 Å². The molecule has 1 saturated heterocycles. The van der Waals surface area contributed by atoms with Gasteiger partial charge in [-0.05, 0) is 70.6 Å². The first kappa shape index (κ1) is 64.9. The fourth-order valence-electron chi connectivity index (χ4n) is 8.59. The van der Waals surface area contributed by atoms with E-state index >= 15 is 0 Å². The second-order valence-corrected chi connectivity index (χ2v) is 21.1. The quantitative estimate of drug-likeness (QED) is 0.0196. The Balaban J connectivity index is 2.32. The molecule has 13 heteroatoms. The second kappa shape index (κ2) is 45.7. The molecule has 1 rings (SSSR count). The summed E-state index contributed by atoms with van der Waals surface area (Å²) in [5.74, 6) is -1.98. The Hall–Kier alpha value is -2.13. The van der Waals surface area contributed by atoms with E-state index in [0.717, 1.165) is 57.8 Å². The molecule has 12 nitrogen and oxygen atoms in total. The summed E-state index contributed by atoms with van der Waals surface area (Å²) in [6.07, 6.45) is 46.1. The van der Waals surface area contributed by atoms with Crippen LogP contribution >= 0.6 is 0 Å². The molecule has 6 atom stereocenters. The summed E-state index contributed by atoms with van der Waals surface area (Å²) < 4.78 is 54.3. The van der Waals surface area contributed by atoms with Gasteiger partial charge in [-0.15, -0.1) is 0 Å². The molecule has 0 aromatic rings. The van der Waals surface area contributed by atoms with Gasteiger partial charge in [-0.2, -0.15) is 8.42 Å². The first-order valence-corrected chi connectivity index (χ1v) is 29.7. The maximum atomic E-state index is 12.9. The second-order valence-electron chi connectivity index (χ2n) is 19.6. The summed E-state index contributed by atoms with van der Waals surface area (Å²) in [6, 6.07) is 0. The number of allylic oxidation sites excluding steroid dienone is 6. The van der Waals surface area contributed by atoms with Gasteiger partial charge in [0.25, 0.3) is 10.1 Å². The number of carbonyl (C=O) groups is 2. The first-order chi connectivity index (χ1) is 33.5. The van der Waals surface area contributed by atoms with E-state index in [-0.39, 0.29) is 19.4 Å². The van der Waals surface area contributed by atoms with Crippen LogP contribution in [0.1, 0.15) is 251 Å². The standard InChI is InChI=1S/C56H102O12S/c1-3-5-7-9-11-13-15-17-19-21-23-24-25-26-27-29-30-32-34-36-38-40-42-44-51(57)65-46-49(47-66-56-55(61)54(60)53(59)50(68-56)48-69(62,63)64)67-52(58)45-43-41-39-37-35-33-31-28-22-20-18-16-14-12-10-8-6-4-2/h14,16,20-23,49-50,53-56,59-61H,3-13,15,17-19,24-48H2,1-2H3,(H,62,63,64)/b16-14-,22-20-,23-21-. The molecular weight excluding hydrogens is 897 g/mol. The predicted octanol–water partition coefficient (Wildman–Crippen LogP) is 13.3. The minimum absolute atomic E-state index is 0.156. The van der Waals surface area contributed by atoms with Gasteiger partial charge in [0, 0.05) is 12.8 Å². The van der Waals surface area contributed by atoms with Crippen LogP contribution in [0.25, 0.3) is 0 Å². The van der Waals surface area contributed by atoms with Crippen LogP contribution in [0.15, 0.2) is 36.5 Å². The third kappa shape index (κ3) is 40.1. The molecule has 0 spiro atoms. The van der Waals surface area contributed by atoms with E-state index in [1.165, 1.54) is 154 Å². The number of unbranched alkanes of at least 4 members (excludes halogenated alkanes) is 30. The number of hydrogen-bond acceptors (Lipinski definition) is 11. The van der Waals surface area contributed by atoms with E-state index in [1.54, 1.807) is 0 Å². The van der Waals surface area contributed by atoms with Crippen molar-refractivity contribution in [1.29, 1.82) is 0 Å². The number of aliphatic hydroxyl groups is 3. The third-order valence-electron chi connectivity index (χ3n) is 12.9. The maximum Gasteiger partial charge on any atom is 0.306 e. The highest BCUT2D eigenvalue weighted by Crippen LogP contribution is 2.24. The first-order valence-electron chi connectivity index (χ1n) is 28.0. The molecular formula is C56H102O12S. The minimum Gasteiger partial charge on any atom is -0.462 e. The lowest BCUT2D eigenvalue weighted by Gasteiger charge is -2.40. The molecule has 6 unspecified atom stereocenters. The summed E-state index contributed by atoms with van der Waals surface area (Å²) in [5.41, 5.74) is 0. The maximum absolute atomic E-state index is 12.9. The highest BCUT2D eigenvalue weighted by atomic mass is 32.2. The molecule has 0 bridgehead atoms.